The molecule has 0 unspecified atom stereocenters. The number of aryl methyl sites for hydroxylation is 2. The van der Waals surface area contributed by atoms with Gasteiger partial charge in [-0.1, -0.05) is 54.2 Å². The number of para-hydroxylation sites is 2. The zero-order valence-corrected chi connectivity index (χ0v) is 18.7. The van der Waals surface area contributed by atoms with Crippen molar-refractivity contribution >= 4 is 45.9 Å². The van der Waals surface area contributed by atoms with Gasteiger partial charge in [-0.15, -0.1) is 11.3 Å². The summed E-state index contributed by atoms with van der Waals surface area (Å²) in [7, 11) is 0. The van der Waals surface area contributed by atoms with Gasteiger partial charge in [0.2, 0.25) is 5.91 Å². The summed E-state index contributed by atoms with van der Waals surface area (Å²) < 4.78 is 2.07. The van der Waals surface area contributed by atoms with Crippen LogP contribution in [-0.4, -0.2) is 32.1 Å². The van der Waals surface area contributed by atoms with Crippen LogP contribution in [0.2, 0.25) is 0 Å². The van der Waals surface area contributed by atoms with Crippen LogP contribution in [0.4, 0.5) is 0 Å². The van der Waals surface area contributed by atoms with E-state index >= 15 is 0 Å². The van der Waals surface area contributed by atoms with Gasteiger partial charge in [0.1, 0.15) is 9.88 Å². The molecular weight excluding hydrogens is 430 g/mol. The van der Waals surface area contributed by atoms with Crippen molar-refractivity contribution in [2.45, 2.75) is 25.5 Å². The third-order valence-corrected chi connectivity index (χ3v) is 6.79. The van der Waals surface area contributed by atoms with Gasteiger partial charge in [0.05, 0.1) is 22.5 Å². The molecule has 31 heavy (non-hydrogen) atoms. The fourth-order valence-corrected chi connectivity index (χ4v) is 4.98. The lowest BCUT2D eigenvalue weighted by Gasteiger charge is -2.07. The van der Waals surface area contributed by atoms with E-state index in [4.69, 9.17) is 0 Å². The van der Waals surface area contributed by atoms with Crippen LogP contribution in [0.25, 0.3) is 21.6 Å². The number of thiazole rings is 1. The number of amides is 2. The summed E-state index contributed by atoms with van der Waals surface area (Å²) >= 11 is 2.63. The van der Waals surface area contributed by atoms with Crippen LogP contribution < -0.4 is 10.9 Å². The molecule has 0 fully saturated rings. The second-order valence-electron chi connectivity index (χ2n) is 6.72. The molecule has 0 atom stereocenters. The van der Waals surface area contributed by atoms with E-state index in [0.717, 1.165) is 33.3 Å². The number of benzene rings is 2. The summed E-state index contributed by atoms with van der Waals surface area (Å²) in [6.45, 7) is 4.58. The van der Waals surface area contributed by atoms with E-state index in [2.05, 4.69) is 25.4 Å². The third-order valence-electron chi connectivity index (χ3n) is 4.61. The minimum Gasteiger partial charge on any atom is -0.319 e. The predicted molar refractivity (Wildman–Crippen MR) is 124 cm³/mol. The second-order valence-corrected chi connectivity index (χ2v) is 8.66. The highest BCUT2D eigenvalue weighted by Gasteiger charge is 2.17. The first kappa shape index (κ1) is 21.1. The number of imidazole rings is 1. The minimum atomic E-state index is -0.378. The Balaban J connectivity index is 1.35. The molecule has 0 aliphatic carbocycles. The van der Waals surface area contributed by atoms with Crippen molar-refractivity contribution in [3.8, 4) is 10.6 Å². The van der Waals surface area contributed by atoms with Crippen molar-refractivity contribution in [1.29, 1.82) is 0 Å². The van der Waals surface area contributed by atoms with Gasteiger partial charge in [0.25, 0.3) is 5.91 Å². The van der Waals surface area contributed by atoms with Gasteiger partial charge < -0.3 is 4.57 Å². The Morgan fingerprint density at radius 1 is 1.03 bits per heavy atom. The number of fused-ring (bicyclic) bond motifs is 1. The second kappa shape index (κ2) is 9.32. The molecule has 0 saturated carbocycles. The fourth-order valence-electron chi connectivity index (χ4n) is 3.13. The number of aromatic nitrogens is 3. The molecule has 9 heteroatoms. The molecule has 0 aliphatic rings. The molecule has 0 radical (unpaired) electrons. The van der Waals surface area contributed by atoms with E-state index in [1.807, 2.05) is 61.5 Å². The van der Waals surface area contributed by atoms with Gasteiger partial charge in [-0.25, -0.2) is 9.97 Å². The highest BCUT2D eigenvalue weighted by atomic mass is 32.2. The average Bonchev–Trinajstić information content (AvgIpc) is 3.36. The predicted octanol–water partition coefficient (Wildman–Crippen LogP) is 4.04. The number of hydrazine groups is 1. The molecule has 0 saturated heterocycles. The van der Waals surface area contributed by atoms with E-state index in [9.17, 15) is 9.59 Å². The summed E-state index contributed by atoms with van der Waals surface area (Å²) in [6, 6.07) is 17.6. The maximum atomic E-state index is 12.5. The molecule has 0 spiro atoms. The van der Waals surface area contributed by atoms with Crippen molar-refractivity contribution in [2.24, 2.45) is 0 Å². The van der Waals surface area contributed by atoms with Crippen LogP contribution in [-0.2, 0) is 11.3 Å². The molecule has 2 N–H and O–H groups in total. The molecule has 0 bridgehead atoms. The van der Waals surface area contributed by atoms with Crippen LogP contribution in [0.1, 0.15) is 22.3 Å². The monoisotopic (exact) mass is 451 g/mol. The topological polar surface area (TPSA) is 88.9 Å². The SMILES string of the molecule is CCn1c(SCC(=O)NNC(=O)c2sc(-c3ccccc3)nc2C)nc2ccccc21. The molecule has 4 aromatic rings. The molecule has 2 heterocycles. The summed E-state index contributed by atoms with van der Waals surface area (Å²) in [5.74, 6) is -0.546. The number of nitrogens with one attached hydrogen (secondary N) is 2. The van der Waals surface area contributed by atoms with E-state index in [0.29, 0.717) is 10.6 Å². The van der Waals surface area contributed by atoms with Crippen LogP contribution in [0.5, 0.6) is 0 Å². The smallest absolute Gasteiger partial charge is 0.281 e. The Labute approximate surface area is 187 Å². The van der Waals surface area contributed by atoms with Gasteiger partial charge >= 0.3 is 0 Å². The van der Waals surface area contributed by atoms with E-state index in [1.54, 1.807) is 6.92 Å². The van der Waals surface area contributed by atoms with Crippen LogP contribution >= 0.6 is 23.1 Å². The Kier molecular flexibility index (Phi) is 6.34. The van der Waals surface area contributed by atoms with Crippen molar-refractivity contribution in [1.82, 2.24) is 25.4 Å². The van der Waals surface area contributed by atoms with Gasteiger partial charge in [-0.3, -0.25) is 20.4 Å². The summed E-state index contributed by atoms with van der Waals surface area (Å²) in [4.78, 5) is 34.4. The average molecular weight is 452 g/mol. The quantitative estimate of drug-likeness (QED) is 0.341. The van der Waals surface area contributed by atoms with Crippen molar-refractivity contribution < 1.29 is 9.59 Å². The zero-order valence-electron chi connectivity index (χ0n) is 17.1. The Morgan fingerprint density at radius 2 is 1.77 bits per heavy atom. The number of carbonyl (C=O) groups excluding carboxylic acids is 2. The van der Waals surface area contributed by atoms with Gasteiger partial charge in [0.15, 0.2) is 5.16 Å². The highest BCUT2D eigenvalue weighted by molar-refractivity contribution is 7.99. The van der Waals surface area contributed by atoms with E-state index < -0.39 is 0 Å². The van der Waals surface area contributed by atoms with Gasteiger partial charge in [-0.2, -0.15) is 0 Å². The number of rotatable bonds is 6. The first-order chi connectivity index (χ1) is 15.1. The molecule has 4 rings (SSSR count). The lowest BCUT2D eigenvalue weighted by atomic mass is 10.2. The summed E-state index contributed by atoms with van der Waals surface area (Å²) in [5.41, 5.74) is 8.48. The zero-order chi connectivity index (χ0) is 21.8. The number of nitrogens with zero attached hydrogens (tertiary/aromatic N) is 3. The molecule has 158 valence electrons. The molecule has 7 nitrogen and oxygen atoms in total. The Morgan fingerprint density at radius 3 is 2.55 bits per heavy atom. The lowest BCUT2D eigenvalue weighted by Crippen LogP contribution is -2.42. The first-order valence-electron chi connectivity index (χ1n) is 9.77. The van der Waals surface area contributed by atoms with Gasteiger partial charge in [-0.05, 0) is 26.0 Å². The molecule has 2 amide bonds. The number of carbonyl (C=O) groups is 2. The molecule has 2 aromatic heterocycles. The molecule has 0 aliphatic heterocycles. The van der Waals surface area contributed by atoms with E-state index in [1.165, 1.54) is 23.1 Å². The summed E-state index contributed by atoms with van der Waals surface area (Å²) in [5, 5.41) is 1.54. The summed E-state index contributed by atoms with van der Waals surface area (Å²) in [6.07, 6.45) is 0. The van der Waals surface area contributed by atoms with Crippen molar-refractivity contribution in [3.63, 3.8) is 0 Å². The van der Waals surface area contributed by atoms with Crippen LogP contribution in [0.3, 0.4) is 0 Å². The third kappa shape index (κ3) is 4.62. The van der Waals surface area contributed by atoms with Gasteiger partial charge in [0, 0.05) is 12.1 Å². The standard InChI is InChI=1S/C22H21N5O2S2/c1-3-27-17-12-8-7-11-16(17)24-22(27)30-13-18(28)25-26-20(29)19-14(2)23-21(31-19)15-9-5-4-6-10-15/h4-12H,3,13H2,1-2H3,(H,25,28)(H,26,29). The largest absolute Gasteiger partial charge is 0.319 e. The Bertz CT molecular complexity index is 1230. The number of hydrogen-bond acceptors (Lipinski definition) is 6. The minimum absolute atomic E-state index is 0.139. The lowest BCUT2D eigenvalue weighted by molar-refractivity contribution is -0.119. The van der Waals surface area contributed by atoms with Crippen LogP contribution in [0.15, 0.2) is 59.8 Å². The molecule has 2 aromatic carbocycles. The fraction of sp³-hybridized carbons (Fsp3) is 0.182. The van der Waals surface area contributed by atoms with Crippen molar-refractivity contribution in [2.75, 3.05) is 5.75 Å². The maximum Gasteiger partial charge on any atom is 0.281 e. The maximum absolute atomic E-state index is 12.5. The number of thioether (sulfide) groups is 1. The number of hydrogen-bond donors (Lipinski definition) is 2. The normalized spacial score (nSPS) is 10.9. The highest BCUT2D eigenvalue weighted by Crippen LogP contribution is 2.27. The molecular formula is C22H21N5O2S2. The van der Waals surface area contributed by atoms with Crippen LogP contribution in [0, 0.1) is 6.92 Å². The Hall–Kier alpha value is -3.17. The first-order valence-corrected chi connectivity index (χ1v) is 11.6. The van der Waals surface area contributed by atoms with Crippen molar-refractivity contribution in [3.05, 3.63) is 65.2 Å². The van der Waals surface area contributed by atoms with E-state index in [-0.39, 0.29) is 17.6 Å².